The SMILES string of the molecule is CNc1nc(Nc2ccc(C(=O)N3CCN(C[C@H]4CC[C@H](CSC(C)(C)[C@H](NC(=O)C5(F)CC5)C(=O)N5C[C@@H](O)CC5C(=O)NCc5ccc(-c6scnc6C)cc5)CC4)CC3)cc2OC)ncc1Cl. The van der Waals surface area contributed by atoms with Crippen LogP contribution < -0.4 is 26.0 Å². The molecule has 1 unspecified atom stereocenters. The molecular formula is C50H64ClFN10O6S2. The molecule has 4 aromatic rings. The lowest BCUT2D eigenvalue weighted by atomic mass is 9.82. The van der Waals surface area contributed by atoms with Crippen LogP contribution in [0.15, 0.2) is 54.2 Å². The normalized spacial score (nSPS) is 21.7. The lowest BCUT2D eigenvalue weighted by Gasteiger charge is -2.40. The van der Waals surface area contributed by atoms with Crippen molar-refractivity contribution in [1.29, 1.82) is 0 Å². The number of benzene rings is 2. The minimum Gasteiger partial charge on any atom is -0.495 e. The number of alkyl halides is 1. The first-order valence-electron chi connectivity index (χ1n) is 24.1. The average Bonchev–Trinajstić information content (AvgIpc) is 3.77. The Bertz CT molecular complexity index is 2510. The van der Waals surface area contributed by atoms with E-state index in [2.05, 4.69) is 41.1 Å². The van der Waals surface area contributed by atoms with Crippen molar-refractivity contribution in [3.8, 4) is 16.2 Å². The lowest BCUT2D eigenvalue weighted by Crippen LogP contribution is -2.61. The summed E-state index contributed by atoms with van der Waals surface area (Å²) in [6.07, 6.45) is 5.01. The third kappa shape index (κ3) is 12.1. The van der Waals surface area contributed by atoms with Crippen molar-refractivity contribution in [1.82, 2.24) is 40.3 Å². The second-order valence-electron chi connectivity index (χ2n) is 19.5. The Morgan fingerprint density at radius 3 is 2.40 bits per heavy atom. The molecule has 3 atom stereocenters. The molecule has 2 aliphatic carbocycles. The fourth-order valence-electron chi connectivity index (χ4n) is 9.59. The molecular weight excluding hydrogens is 955 g/mol. The second-order valence-corrected chi connectivity index (χ2v) is 22.5. The van der Waals surface area contributed by atoms with Gasteiger partial charge < -0.3 is 40.9 Å². The Labute approximate surface area is 422 Å². The summed E-state index contributed by atoms with van der Waals surface area (Å²) in [5.41, 5.74) is 3.84. The summed E-state index contributed by atoms with van der Waals surface area (Å²) < 4.78 is 19.9. The van der Waals surface area contributed by atoms with Crippen LogP contribution in [0.4, 0.5) is 21.8 Å². The number of aryl methyl sites for hydroxylation is 1. The largest absolute Gasteiger partial charge is 0.495 e. The molecule has 8 rings (SSSR count). The summed E-state index contributed by atoms with van der Waals surface area (Å²) in [6, 6.07) is 11.1. The first-order valence-corrected chi connectivity index (χ1v) is 26.3. The summed E-state index contributed by atoms with van der Waals surface area (Å²) in [5, 5.41) is 23.0. The quantitative estimate of drug-likeness (QED) is 0.0708. The van der Waals surface area contributed by atoms with Crippen molar-refractivity contribution in [3.63, 3.8) is 0 Å². The number of rotatable bonds is 18. The zero-order chi connectivity index (χ0) is 49.7. The van der Waals surface area contributed by atoms with E-state index in [1.165, 1.54) is 11.1 Å². The predicted molar refractivity (Wildman–Crippen MR) is 272 cm³/mol. The molecule has 70 heavy (non-hydrogen) atoms. The van der Waals surface area contributed by atoms with Crippen LogP contribution in [0.2, 0.25) is 5.02 Å². The molecule has 4 amide bonds. The number of carbonyl (C=O) groups is 4. The third-order valence-electron chi connectivity index (χ3n) is 14.1. The number of nitrogens with one attached hydrogen (secondary N) is 4. The van der Waals surface area contributed by atoms with E-state index in [1.54, 1.807) is 55.5 Å². The van der Waals surface area contributed by atoms with Gasteiger partial charge in [0.1, 0.15) is 28.7 Å². The minimum absolute atomic E-state index is 0.0505. The summed E-state index contributed by atoms with van der Waals surface area (Å²) in [5.74, 6) is 1.24. The maximum Gasteiger partial charge on any atom is 0.258 e. The van der Waals surface area contributed by atoms with Crippen LogP contribution >= 0.6 is 34.7 Å². The molecule has 4 heterocycles. The van der Waals surface area contributed by atoms with Crippen LogP contribution in [0.5, 0.6) is 5.75 Å². The van der Waals surface area contributed by atoms with Crippen LogP contribution in [0.25, 0.3) is 10.4 Å². The number of likely N-dealkylation sites (tertiary alicyclic amines) is 1. The van der Waals surface area contributed by atoms with Gasteiger partial charge in [-0.1, -0.05) is 35.9 Å². The highest BCUT2D eigenvalue weighted by atomic mass is 35.5. The number of aliphatic hydroxyl groups excluding tert-OH is 1. The molecule has 0 bridgehead atoms. The fraction of sp³-hybridized carbons (Fsp3) is 0.540. The van der Waals surface area contributed by atoms with E-state index in [4.69, 9.17) is 16.3 Å². The van der Waals surface area contributed by atoms with Gasteiger partial charge in [-0.2, -0.15) is 16.7 Å². The van der Waals surface area contributed by atoms with Crippen LogP contribution in [0, 0.1) is 18.8 Å². The fourth-order valence-corrected chi connectivity index (χ4v) is 11.9. The molecule has 2 aromatic heterocycles. The first kappa shape index (κ1) is 51.3. The summed E-state index contributed by atoms with van der Waals surface area (Å²) >= 11 is 9.30. The monoisotopic (exact) mass is 1020 g/mol. The molecule has 2 saturated carbocycles. The van der Waals surface area contributed by atoms with Crippen LogP contribution in [-0.4, -0.2) is 146 Å². The molecule has 0 spiro atoms. The molecule has 0 radical (unpaired) electrons. The molecule has 16 nitrogen and oxygen atoms in total. The van der Waals surface area contributed by atoms with Crippen LogP contribution in [-0.2, 0) is 20.9 Å². The van der Waals surface area contributed by atoms with Gasteiger partial charge in [-0.3, -0.25) is 24.1 Å². The molecule has 2 saturated heterocycles. The number of methoxy groups -OCH3 is 1. The molecule has 2 aliphatic heterocycles. The van der Waals surface area contributed by atoms with Gasteiger partial charge in [-0.15, -0.1) is 11.3 Å². The smallest absolute Gasteiger partial charge is 0.258 e. The lowest BCUT2D eigenvalue weighted by molar-refractivity contribution is -0.143. The van der Waals surface area contributed by atoms with Crippen LogP contribution in [0.3, 0.4) is 0 Å². The first-order chi connectivity index (χ1) is 33.5. The number of ether oxygens (including phenoxy) is 1. The van der Waals surface area contributed by atoms with Crippen molar-refractivity contribution in [2.75, 3.05) is 69.8 Å². The average molecular weight is 1020 g/mol. The van der Waals surface area contributed by atoms with Gasteiger partial charge in [0, 0.05) is 69.6 Å². The van der Waals surface area contributed by atoms with Crippen molar-refractivity contribution in [2.45, 2.75) is 101 Å². The number of thioether (sulfide) groups is 1. The van der Waals surface area contributed by atoms with Gasteiger partial charge in [0.05, 0.1) is 41.2 Å². The van der Waals surface area contributed by atoms with Gasteiger partial charge in [-0.05, 0) is 106 Å². The Morgan fingerprint density at radius 2 is 1.74 bits per heavy atom. The molecule has 376 valence electrons. The number of halogens is 2. The number of β-amino-alcohol motifs (C(OH)–C–C–N with tert-alkyl or cyclic N) is 1. The number of anilines is 3. The molecule has 2 aromatic carbocycles. The number of amides is 4. The Kier molecular flexibility index (Phi) is 16.2. The number of hydrogen-bond donors (Lipinski definition) is 5. The number of nitrogens with zero attached hydrogens (tertiary/aromatic N) is 6. The van der Waals surface area contributed by atoms with E-state index in [9.17, 15) is 24.3 Å². The molecule has 4 aliphatic rings. The van der Waals surface area contributed by atoms with Gasteiger partial charge in [0.25, 0.3) is 11.8 Å². The number of thiazole rings is 1. The van der Waals surface area contributed by atoms with Crippen molar-refractivity contribution >= 4 is 75.8 Å². The van der Waals surface area contributed by atoms with E-state index in [-0.39, 0.29) is 38.3 Å². The van der Waals surface area contributed by atoms with Crippen LogP contribution in [0.1, 0.15) is 80.4 Å². The van der Waals surface area contributed by atoms with Gasteiger partial charge in [0.15, 0.2) is 5.67 Å². The third-order valence-corrected chi connectivity index (χ3v) is 17.0. The zero-order valence-corrected chi connectivity index (χ0v) is 42.8. The number of carbonyl (C=O) groups excluding carboxylic acids is 4. The summed E-state index contributed by atoms with van der Waals surface area (Å²) in [6.45, 7) is 9.71. The van der Waals surface area contributed by atoms with E-state index >= 15 is 4.39 Å². The number of aromatic nitrogens is 3. The Morgan fingerprint density at radius 1 is 1.03 bits per heavy atom. The Balaban J connectivity index is 0.808. The molecule has 5 N–H and O–H groups in total. The van der Waals surface area contributed by atoms with Crippen molar-refractivity contribution in [2.24, 2.45) is 11.8 Å². The summed E-state index contributed by atoms with van der Waals surface area (Å²) in [7, 11) is 3.28. The molecule has 20 heteroatoms. The van der Waals surface area contributed by atoms with Crippen molar-refractivity contribution < 1.29 is 33.4 Å². The summed E-state index contributed by atoms with van der Waals surface area (Å²) in [4.78, 5) is 74.9. The highest BCUT2D eigenvalue weighted by Crippen LogP contribution is 2.42. The van der Waals surface area contributed by atoms with E-state index in [1.807, 2.05) is 55.4 Å². The predicted octanol–water partition coefficient (Wildman–Crippen LogP) is 6.70. The van der Waals surface area contributed by atoms with E-state index in [0.29, 0.717) is 58.7 Å². The number of piperazine rings is 1. The number of aliphatic hydroxyl groups is 1. The molecule has 4 fully saturated rings. The number of hydrogen-bond acceptors (Lipinski definition) is 14. The van der Waals surface area contributed by atoms with E-state index < -0.39 is 46.3 Å². The maximum absolute atomic E-state index is 15.2. The van der Waals surface area contributed by atoms with Gasteiger partial charge >= 0.3 is 0 Å². The zero-order valence-electron chi connectivity index (χ0n) is 40.4. The highest BCUT2D eigenvalue weighted by Gasteiger charge is 2.54. The second kappa shape index (κ2) is 22.1. The minimum atomic E-state index is -2.00. The standard InChI is InChI=1S/C50H64ClFN10O6S2/c1-30-41(69-29-56-30)34-12-10-31(11-13-34)24-54-44(64)39-23-36(63)27-62(39)46(66)42(58-47(67)50(52)16-17-50)49(2,3)70-28-33-8-6-32(7-9-33)26-60-18-20-61(21-19-60)45(65)35-14-15-38(40(22-35)68-5)57-48-55-25-37(51)43(53-4)59-48/h10-15,22,25,29,32-33,36,39,42,63H,6-9,16-21,23-24,26-28H2,1-5H3,(H,54,64)(H,58,67)(H2,53,55,57,59)/t32-,33-,36-,39?,42+/m0/s1. The maximum atomic E-state index is 15.2. The Hall–Kier alpha value is -5.08. The van der Waals surface area contributed by atoms with Crippen molar-refractivity contribution in [3.05, 3.63) is 76.0 Å². The highest BCUT2D eigenvalue weighted by molar-refractivity contribution is 8.00. The van der Waals surface area contributed by atoms with Gasteiger partial charge in [0.2, 0.25) is 17.8 Å². The topological polar surface area (TPSA) is 194 Å². The van der Waals surface area contributed by atoms with E-state index in [0.717, 1.165) is 72.8 Å². The van der Waals surface area contributed by atoms with Gasteiger partial charge in [-0.25, -0.2) is 14.4 Å².